The van der Waals surface area contributed by atoms with Crippen molar-refractivity contribution in [2.24, 2.45) is 16.7 Å². The van der Waals surface area contributed by atoms with E-state index < -0.39 is 0 Å². The third-order valence-corrected chi connectivity index (χ3v) is 4.97. The van der Waals surface area contributed by atoms with E-state index in [-0.39, 0.29) is 0 Å². The van der Waals surface area contributed by atoms with E-state index in [1.54, 1.807) is 6.26 Å². The molecule has 2 aliphatic rings. The molecule has 0 spiro atoms. The molecule has 0 amide bonds. The van der Waals surface area contributed by atoms with Gasteiger partial charge in [0.25, 0.3) is 0 Å². The summed E-state index contributed by atoms with van der Waals surface area (Å²) < 4.78 is 5.64. The molecular formula is C12H20O. The van der Waals surface area contributed by atoms with Crippen LogP contribution in [0.25, 0.3) is 0 Å². The quantitative estimate of drug-likeness (QED) is 0.592. The molecule has 0 unspecified atom stereocenters. The fourth-order valence-electron chi connectivity index (χ4n) is 3.45. The van der Waals surface area contributed by atoms with Gasteiger partial charge in [0.1, 0.15) is 6.10 Å². The summed E-state index contributed by atoms with van der Waals surface area (Å²) in [5.74, 6) is 0.863. The average Bonchev–Trinajstić information content (AvgIpc) is 2.37. The Bertz CT molecular complexity index is 231. The van der Waals surface area contributed by atoms with Gasteiger partial charge in [0.2, 0.25) is 0 Å². The average molecular weight is 180 g/mol. The van der Waals surface area contributed by atoms with Gasteiger partial charge >= 0.3 is 0 Å². The Balaban J connectivity index is 2.27. The minimum Gasteiger partial charge on any atom is -0.498 e. The van der Waals surface area contributed by atoms with E-state index >= 15 is 0 Å². The first kappa shape index (κ1) is 9.11. The molecule has 2 rings (SSSR count). The maximum atomic E-state index is 5.64. The fourth-order valence-corrected chi connectivity index (χ4v) is 3.45. The summed E-state index contributed by atoms with van der Waals surface area (Å²) in [6.07, 6.45) is 5.98. The molecule has 0 aromatic carbocycles. The lowest BCUT2D eigenvalue weighted by Gasteiger charge is -2.38. The van der Waals surface area contributed by atoms with Crippen LogP contribution in [0.5, 0.6) is 0 Å². The van der Waals surface area contributed by atoms with E-state index in [0.29, 0.717) is 16.9 Å². The van der Waals surface area contributed by atoms with Crippen LogP contribution in [0.15, 0.2) is 12.8 Å². The zero-order valence-electron chi connectivity index (χ0n) is 8.97. The van der Waals surface area contributed by atoms with E-state index in [2.05, 4.69) is 27.4 Å². The second-order valence-electron chi connectivity index (χ2n) is 5.40. The van der Waals surface area contributed by atoms with Crippen LogP contribution in [-0.4, -0.2) is 6.10 Å². The van der Waals surface area contributed by atoms with Gasteiger partial charge in [-0.1, -0.05) is 27.4 Å². The van der Waals surface area contributed by atoms with Crippen molar-refractivity contribution < 1.29 is 4.74 Å². The highest BCUT2D eigenvalue weighted by atomic mass is 16.5. The first-order valence-electron chi connectivity index (χ1n) is 5.29. The maximum Gasteiger partial charge on any atom is 0.104 e. The van der Waals surface area contributed by atoms with Crippen molar-refractivity contribution in [1.29, 1.82) is 0 Å². The number of hydrogen-bond acceptors (Lipinski definition) is 1. The second kappa shape index (κ2) is 2.52. The molecule has 0 saturated heterocycles. The predicted octanol–water partition coefficient (Wildman–Crippen LogP) is 3.36. The SMILES string of the molecule is C=CO[C@H]1C[C@@H]2CC[C@@]1(C)C2(C)C. The highest BCUT2D eigenvalue weighted by Crippen LogP contribution is 2.66. The van der Waals surface area contributed by atoms with Crippen molar-refractivity contribution in [3.8, 4) is 0 Å². The van der Waals surface area contributed by atoms with E-state index in [1.807, 2.05) is 0 Å². The third-order valence-electron chi connectivity index (χ3n) is 4.97. The van der Waals surface area contributed by atoms with E-state index in [1.165, 1.54) is 19.3 Å². The summed E-state index contributed by atoms with van der Waals surface area (Å²) in [6, 6.07) is 0. The summed E-state index contributed by atoms with van der Waals surface area (Å²) >= 11 is 0. The minimum atomic E-state index is 0.381. The molecule has 0 heterocycles. The first-order valence-corrected chi connectivity index (χ1v) is 5.29. The van der Waals surface area contributed by atoms with Gasteiger partial charge in [0.15, 0.2) is 0 Å². The van der Waals surface area contributed by atoms with Crippen LogP contribution in [0.3, 0.4) is 0 Å². The number of ether oxygens (including phenoxy) is 1. The van der Waals surface area contributed by atoms with Gasteiger partial charge in [-0.05, 0) is 30.6 Å². The summed E-state index contributed by atoms with van der Waals surface area (Å²) in [4.78, 5) is 0. The van der Waals surface area contributed by atoms with Crippen molar-refractivity contribution in [1.82, 2.24) is 0 Å². The molecule has 3 atom stereocenters. The van der Waals surface area contributed by atoms with Gasteiger partial charge in [-0.15, -0.1) is 0 Å². The third kappa shape index (κ3) is 0.934. The molecule has 0 N–H and O–H groups in total. The molecule has 2 aliphatic carbocycles. The van der Waals surface area contributed by atoms with Gasteiger partial charge in [-0.2, -0.15) is 0 Å². The van der Waals surface area contributed by atoms with Crippen LogP contribution in [0.1, 0.15) is 40.0 Å². The predicted molar refractivity (Wildman–Crippen MR) is 54.3 cm³/mol. The van der Waals surface area contributed by atoms with Gasteiger partial charge in [-0.25, -0.2) is 0 Å². The normalized spacial score (nSPS) is 46.4. The second-order valence-corrected chi connectivity index (χ2v) is 5.40. The van der Waals surface area contributed by atoms with Gasteiger partial charge < -0.3 is 4.74 Å². The molecule has 0 aromatic heterocycles. The Morgan fingerprint density at radius 1 is 1.38 bits per heavy atom. The molecule has 0 radical (unpaired) electrons. The van der Waals surface area contributed by atoms with Gasteiger partial charge in [0, 0.05) is 5.41 Å². The lowest BCUT2D eigenvalue weighted by atomic mass is 9.70. The van der Waals surface area contributed by atoms with E-state index in [0.717, 1.165) is 5.92 Å². The molecule has 2 saturated carbocycles. The number of hydrogen-bond donors (Lipinski definition) is 0. The lowest BCUT2D eigenvalue weighted by molar-refractivity contribution is 0.00178. The molecular weight excluding hydrogens is 160 g/mol. The molecule has 2 fully saturated rings. The van der Waals surface area contributed by atoms with Crippen LogP contribution in [-0.2, 0) is 4.74 Å². The smallest absolute Gasteiger partial charge is 0.104 e. The molecule has 0 aromatic rings. The summed E-state index contributed by atoms with van der Waals surface area (Å²) in [6.45, 7) is 10.8. The van der Waals surface area contributed by atoms with Crippen LogP contribution < -0.4 is 0 Å². The van der Waals surface area contributed by atoms with Crippen molar-refractivity contribution >= 4 is 0 Å². The van der Waals surface area contributed by atoms with Crippen LogP contribution in [0.4, 0.5) is 0 Å². The highest BCUT2D eigenvalue weighted by molar-refractivity contribution is 5.11. The molecule has 74 valence electrons. The fraction of sp³-hybridized carbons (Fsp3) is 0.833. The van der Waals surface area contributed by atoms with Crippen molar-refractivity contribution in [2.75, 3.05) is 0 Å². The van der Waals surface area contributed by atoms with Crippen LogP contribution in [0.2, 0.25) is 0 Å². The summed E-state index contributed by atoms with van der Waals surface area (Å²) in [5, 5.41) is 0. The number of rotatable bonds is 2. The monoisotopic (exact) mass is 180 g/mol. The Morgan fingerprint density at radius 3 is 2.46 bits per heavy atom. The topological polar surface area (TPSA) is 9.23 Å². The van der Waals surface area contributed by atoms with E-state index in [9.17, 15) is 0 Å². The first-order chi connectivity index (χ1) is 6.02. The Morgan fingerprint density at radius 2 is 2.08 bits per heavy atom. The molecule has 2 bridgehead atoms. The summed E-state index contributed by atoms with van der Waals surface area (Å²) in [7, 11) is 0. The maximum absolute atomic E-state index is 5.64. The molecule has 0 aliphatic heterocycles. The zero-order valence-corrected chi connectivity index (χ0v) is 8.97. The van der Waals surface area contributed by atoms with Crippen molar-refractivity contribution in [3.05, 3.63) is 12.8 Å². The zero-order chi connectivity index (χ0) is 9.69. The molecule has 1 heteroatoms. The van der Waals surface area contributed by atoms with Crippen molar-refractivity contribution in [2.45, 2.75) is 46.1 Å². The minimum absolute atomic E-state index is 0.381. The largest absolute Gasteiger partial charge is 0.498 e. The van der Waals surface area contributed by atoms with Crippen LogP contribution >= 0.6 is 0 Å². The Labute approximate surface area is 81.2 Å². The van der Waals surface area contributed by atoms with Gasteiger partial charge in [-0.3, -0.25) is 0 Å². The Hall–Kier alpha value is -0.460. The van der Waals surface area contributed by atoms with Crippen LogP contribution in [0, 0.1) is 16.7 Å². The van der Waals surface area contributed by atoms with Gasteiger partial charge in [0.05, 0.1) is 6.26 Å². The lowest BCUT2D eigenvalue weighted by Crippen LogP contribution is -2.36. The summed E-state index contributed by atoms with van der Waals surface area (Å²) in [5.41, 5.74) is 0.840. The molecule has 1 nitrogen and oxygen atoms in total. The molecule has 13 heavy (non-hydrogen) atoms. The Kier molecular flexibility index (Phi) is 1.77. The van der Waals surface area contributed by atoms with E-state index in [4.69, 9.17) is 4.74 Å². The van der Waals surface area contributed by atoms with Crippen molar-refractivity contribution in [3.63, 3.8) is 0 Å². The number of fused-ring (bicyclic) bond motifs is 2. The standard InChI is InChI=1S/C12H20O/c1-5-13-10-8-9-6-7-12(10,4)11(9,2)3/h5,9-10H,1,6-8H2,2-4H3/t9-,10-,12+/m0/s1. The highest BCUT2D eigenvalue weighted by Gasteiger charge is 2.62.